The number of nitrogens with zero attached hydrogens (tertiary/aromatic N) is 2. The van der Waals surface area contributed by atoms with E-state index < -0.39 is 29.7 Å². The van der Waals surface area contributed by atoms with Crippen LogP contribution in [0.25, 0.3) is 10.9 Å². The first-order chi connectivity index (χ1) is 14.8. The van der Waals surface area contributed by atoms with Crippen molar-refractivity contribution in [2.45, 2.75) is 6.92 Å². The number of rotatable bonds is 5. The summed E-state index contributed by atoms with van der Waals surface area (Å²) in [5, 5.41) is 6.85. The number of nitrogens with one attached hydrogen (secondary N) is 6. The molecule has 162 valence electrons. The van der Waals surface area contributed by atoms with Crippen molar-refractivity contribution >= 4 is 52.0 Å². The van der Waals surface area contributed by atoms with Crippen LogP contribution in [0.15, 0.2) is 29.1 Å². The Labute approximate surface area is 179 Å². The molecule has 1 aromatic carbocycles. The quantitative estimate of drug-likeness (QED) is 0.167. The van der Waals surface area contributed by atoms with E-state index in [2.05, 4.69) is 26.6 Å². The molecule has 2 aromatic rings. The Morgan fingerprint density at radius 1 is 1.13 bits per heavy atom. The van der Waals surface area contributed by atoms with E-state index in [0.717, 1.165) is 0 Å². The number of para-hydroxylation sites is 1. The van der Waals surface area contributed by atoms with E-state index in [1.165, 1.54) is 4.68 Å². The molecule has 1 saturated heterocycles. The standard InChI is InChI=1S/C17H18N8O5S/c1-8-20-11-5-3-2-4-9(11)15(29)25(8)19-7-12(26)23-24-17(31)18-6-10-13(27)21-16(30)22-14(10)28/h2-5,10,19H,6-7H2,1H3,(H,23,26)(H2,18,24,31)(H2,21,22,27,28,30). The number of fused-ring (bicyclic) bond motifs is 1. The highest BCUT2D eigenvalue weighted by atomic mass is 32.1. The Bertz CT molecular complexity index is 1130. The lowest BCUT2D eigenvalue weighted by Gasteiger charge is -2.21. The predicted octanol–water partition coefficient (Wildman–Crippen LogP) is -2.27. The molecule has 0 atom stereocenters. The number of benzene rings is 1. The minimum Gasteiger partial charge on any atom is -0.360 e. The fraction of sp³-hybridized carbons (Fsp3) is 0.235. The van der Waals surface area contributed by atoms with Gasteiger partial charge in [0.15, 0.2) is 5.11 Å². The third-order valence-electron chi connectivity index (χ3n) is 4.23. The monoisotopic (exact) mass is 446 g/mol. The summed E-state index contributed by atoms with van der Waals surface area (Å²) in [4.78, 5) is 63.2. The van der Waals surface area contributed by atoms with E-state index in [1.807, 2.05) is 10.6 Å². The first kappa shape index (κ1) is 21.6. The number of amides is 5. The first-order valence-electron chi connectivity index (χ1n) is 8.97. The van der Waals surface area contributed by atoms with E-state index in [0.29, 0.717) is 16.7 Å². The van der Waals surface area contributed by atoms with Crippen molar-refractivity contribution in [3.63, 3.8) is 0 Å². The fourth-order valence-corrected chi connectivity index (χ4v) is 2.86. The maximum atomic E-state index is 12.5. The Morgan fingerprint density at radius 3 is 2.52 bits per heavy atom. The molecule has 0 unspecified atom stereocenters. The van der Waals surface area contributed by atoms with Crippen molar-refractivity contribution < 1.29 is 19.2 Å². The van der Waals surface area contributed by atoms with Gasteiger partial charge in [0, 0.05) is 6.54 Å². The van der Waals surface area contributed by atoms with Gasteiger partial charge in [-0.25, -0.2) is 14.5 Å². The molecule has 0 bridgehead atoms. The van der Waals surface area contributed by atoms with Crippen LogP contribution >= 0.6 is 12.2 Å². The predicted molar refractivity (Wildman–Crippen MR) is 112 cm³/mol. The van der Waals surface area contributed by atoms with Gasteiger partial charge in [-0.1, -0.05) is 12.1 Å². The van der Waals surface area contributed by atoms with Crippen LogP contribution in [0.3, 0.4) is 0 Å². The SMILES string of the molecule is Cc1nc2ccccc2c(=O)n1NCC(=O)NNC(=S)NCC1C(=O)NC(=O)NC1=O. The maximum absolute atomic E-state index is 12.5. The minimum absolute atomic E-state index is 0.0634. The van der Waals surface area contributed by atoms with Crippen LogP contribution in [0, 0.1) is 12.8 Å². The number of aryl methyl sites for hydroxylation is 1. The van der Waals surface area contributed by atoms with Crippen LogP contribution in [0.5, 0.6) is 0 Å². The van der Waals surface area contributed by atoms with Crippen molar-refractivity contribution in [3.8, 4) is 0 Å². The molecule has 1 fully saturated rings. The topological polar surface area (TPSA) is 175 Å². The minimum atomic E-state index is -1.16. The summed E-state index contributed by atoms with van der Waals surface area (Å²) in [6.45, 7) is 1.16. The number of imide groups is 2. The maximum Gasteiger partial charge on any atom is 0.328 e. The number of thiocarbonyl (C=S) groups is 1. The lowest BCUT2D eigenvalue weighted by Crippen LogP contribution is -2.59. The van der Waals surface area contributed by atoms with Gasteiger partial charge in [-0.15, -0.1) is 0 Å². The number of carbonyl (C=O) groups is 4. The van der Waals surface area contributed by atoms with Crippen LogP contribution in [0.1, 0.15) is 5.82 Å². The van der Waals surface area contributed by atoms with Gasteiger partial charge in [-0.05, 0) is 31.3 Å². The molecule has 1 aromatic heterocycles. The van der Waals surface area contributed by atoms with Gasteiger partial charge in [0.05, 0.1) is 10.9 Å². The summed E-state index contributed by atoms with van der Waals surface area (Å²) in [6, 6.07) is 5.96. The molecule has 0 aliphatic carbocycles. The number of hydrazine groups is 1. The fourth-order valence-electron chi connectivity index (χ4n) is 2.72. The zero-order chi connectivity index (χ0) is 22.5. The molecule has 1 aliphatic heterocycles. The first-order valence-corrected chi connectivity index (χ1v) is 9.37. The summed E-state index contributed by atoms with van der Waals surface area (Å²) >= 11 is 4.96. The summed E-state index contributed by atoms with van der Waals surface area (Å²) in [7, 11) is 0. The molecule has 0 saturated carbocycles. The van der Waals surface area contributed by atoms with E-state index in [9.17, 15) is 24.0 Å². The number of hydrogen-bond acceptors (Lipinski definition) is 8. The lowest BCUT2D eigenvalue weighted by atomic mass is 10.1. The molecule has 6 N–H and O–H groups in total. The van der Waals surface area contributed by atoms with E-state index in [1.54, 1.807) is 31.2 Å². The average molecular weight is 446 g/mol. The Hall–Kier alpha value is -4.07. The van der Waals surface area contributed by atoms with Crippen LogP contribution in [0.4, 0.5) is 4.79 Å². The number of barbiturate groups is 1. The number of carbonyl (C=O) groups excluding carboxylic acids is 4. The molecular weight excluding hydrogens is 428 g/mol. The number of aromatic nitrogens is 2. The van der Waals surface area contributed by atoms with Gasteiger partial charge in [0.2, 0.25) is 11.8 Å². The summed E-state index contributed by atoms with van der Waals surface area (Å²) in [6.07, 6.45) is 0. The van der Waals surface area contributed by atoms with Crippen molar-refractivity contribution in [2.75, 3.05) is 18.5 Å². The molecular formula is C17H18N8O5S. The molecule has 3 rings (SSSR count). The lowest BCUT2D eigenvalue weighted by molar-refractivity contribution is -0.135. The van der Waals surface area contributed by atoms with Crippen molar-refractivity contribution in [1.29, 1.82) is 0 Å². The Morgan fingerprint density at radius 2 is 1.81 bits per heavy atom. The van der Waals surface area contributed by atoms with Gasteiger partial charge < -0.3 is 10.7 Å². The molecule has 0 radical (unpaired) electrons. The second-order valence-corrected chi connectivity index (χ2v) is 6.80. The zero-order valence-corrected chi connectivity index (χ0v) is 17.0. The highest BCUT2D eigenvalue weighted by Crippen LogP contribution is 2.06. The third-order valence-corrected chi connectivity index (χ3v) is 4.48. The normalized spacial score (nSPS) is 13.9. The van der Waals surface area contributed by atoms with E-state index in [-0.39, 0.29) is 23.8 Å². The summed E-state index contributed by atoms with van der Waals surface area (Å²) < 4.78 is 1.17. The summed E-state index contributed by atoms with van der Waals surface area (Å²) in [5.74, 6) is -2.86. The second kappa shape index (κ2) is 9.17. The molecule has 0 spiro atoms. The summed E-state index contributed by atoms with van der Waals surface area (Å²) in [5.41, 5.74) is 7.59. The molecule has 31 heavy (non-hydrogen) atoms. The van der Waals surface area contributed by atoms with Crippen molar-refractivity contribution in [2.24, 2.45) is 5.92 Å². The van der Waals surface area contributed by atoms with Crippen LogP contribution in [-0.4, -0.2) is 51.6 Å². The van der Waals surface area contributed by atoms with Gasteiger partial charge in [-0.3, -0.25) is 40.7 Å². The van der Waals surface area contributed by atoms with Crippen LogP contribution in [0.2, 0.25) is 0 Å². The highest BCUT2D eigenvalue weighted by molar-refractivity contribution is 7.80. The van der Waals surface area contributed by atoms with Gasteiger partial charge in [-0.2, -0.15) is 0 Å². The van der Waals surface area contributed by atoms with Crippen LogP contribution in [-0.2, 0) is 14.4 Å². The number of urea groups is 1. The molecule has 13 nitrogen and oxygen atoms in total. The van der Waals surface area contributed by atoms with E-state index in [4.69, 9.17) is 12.2 Å². The molecule has 2 heterocycles. The largest absolute Gasteiger partial charge is 0.360 e. The third kappa shape index (κ3) is 5.11. The molecule has 5 amide bonds. The smallest absolute Gasteiger partial charge is 0.328 e. The Kier molecular flexibility index (Phi) is 6.40. The highest BCUT2D eigenvalue weighted by Gasteiger charge is 2.33. The second-order valence-electron chi connectivity index (χ2n) is 6.40. The zero-order valence-electron chi connectivity index (χ0n) is 16.1. The molecule has 14 heteroatoms. The van der Waals surface area contributed by atoms with Gasteiger partial charge in [0.1, 0.15) is 18.3 Å². The number of hydrogen-bond donors (Lipinski definition) is 6. The van der Waals surface area contributed by atoms with Gasteiger partial charge in [0.25, 0.3) is 11.5 Å². The Balaban J connectivity index is 1.47. The van der Waals surface area contributed by atoms with Crippen molar-refractivity contribution in [3.05, 3.63) is 40.4 Å². The van der Waals surface area contributed by atoms with E-state index >= 15 is 0 Å². The van der Waals surface area contributed by atoms with Crippen LogP contribution < -0.4 is 37.8 Å². The molecule has 1 aliphatic rings. The van der Waals surface area contributed by atoms with Crippen molar-refractivity contribution in [1.82, 2.24) is 36.5 Å². The van der Waals surface area contributed by atoms with Gasteiger partial charge >= 0.3 is 6.03 Å². The average Bonchev–Trinajstić information content (AvgIpc) is 2.71.